The predicted octanol–water partition coefficient (Wildman–Crippen LogP) is 4.81. The summed E-state index contributed by atoms with van der Waals surface area (Å²) >= 11 is 9.64. The molecule has 20 heavy (non-hydrogen) atoms. The van der Waals surface area contributed by atoms with Crippen molar-refractivity contribution in [2.24, 2.45) is 0 Å². The molecule has 0 aliphatic heterocycles. The largest absolute Gasteiger partial charge is 0.496 e. The Labute approximate surface area is 133 Å². The average molecular weight is 355 g/mol. The van der Waals surface area contributed by atoms with Crippen molar-refractivity contribution >= 4 is 27.5 Å². The van der Waals surface area contributed by atoms with Crippen molar-refractivity contribution < 1.29 is 4.74 Å². The molecule has 0 amide bonds. The summed E-state index contributed by atoms with van der Waals surface area (Å²) in [7, 11) is 1.69. The van der Waals surface area contributed by atoms with Gasteiger partial charge in [0.2, 0.25) is 0 Å². The van der Waals surface area contributed by atoms with E-state index >= 15 is 0 Å². The third kappa shape index (κ3) is 3.54. The molecule has 0 saturated carbocycles. The van der Waals surface area contributed by atoms with Gasteiger partial charge in [-0.15, -0.1) is 0 Å². The highest BCUT2D eigenvalue weighted by molar-refractivity contribution is 9.10. The predicted molar refractivity (Wildman–Crippen MR) is 87.7 cm³/mol. The average Bonchev–Trinajstić information content (AvgIpc) is 2.44. The van der Waals surface area contributed by atoms with Gasteiger partial charge in [-0.1, -0.05) is 46.6 Å². The number of benzene rings is 2. The number of rotatable bonds is 5. The number of hydrogen-bond donors (Lipinski definition) is 1. The first-order valence-corrected chi connectivity index (χ1v) is 7.65. The maximum Gasteiger partial charge on any atom is 0.124 e. The quantitative estimate of drug-likeness (QED) is 0.832. The lowest BCUT2D eigenvalue weighted by Gasteiger charge is -2.21. The molecule has 1 unspecified atom stereocenters. The first kappa shape index (κ1) is 15.4. The van der Waals surface area contributed by atoms with Gasteiger partial charge in [-0.05, 0) is 42.4 Å². The van der Waals surface area contributed by atoms with Crippen molar-refractivity contribution in [2.45, 2.75) is 13.0 Å². The van der Waals surface area contributed by atoms with Crippen LogP contribution in [0.25, 0.3) is 0 Å². The van der Waals surface area contributed by atoms with E-state index in [4.69, 9.17) is 16.3 Å². The molecule has 2 aromatic rings. The van der Waals surface area contributed by atoms with E-state index in [0.717, 1.165) is 32.9 Å². The minimum atomic E-state index is 0.0474. The molecule has 2 nitrogen and oxygen atoms in total. The number of hydrogen-bond acceptors (Lipinski definition) is 2. The van der Waals surface area contributed by atoms with E-state index in [1.54, 1.807) is 7.11 Å². The number of nitrogens with one attached hydrogen (secondary N) is 1. The Morgan fingerprint density at radius 3 is 2.70 bits per heavy atom. The molecular weight excluding hydrogens is 338 g/mol. The fourth-order valence-corrected chi connectivity index (χ4v) is 2.81. The molecule has 4 heteroatoms. The molecule has 2 aromatic carbocycles. The minimum absolute atomic E-state index is 0.0474. The Morgan fingerprint density at radius 1 is 1.25 bits per heavy atom. The summed E-state index contributed by atoms with van der Waals surface area (Å²) in [5.41, 5.74) is 2.21. The lowest BCUT2D eigenvalue weighted by atomic mass is 9.98. The molecule has 106 valence electrons. The summed E-state index contributed by atoms with van der Waals surface area (Å²) < 4.78 is 6.51. The van der Waals surface area contributed by atoms with Crippen LogP contribution in [0.3, 0.4) is 0 Å². The molecular formula is C16H17BrClNO. The molecule has 0 aliphatic carbocycles. The van der Waals surface area contributed by atoms with Crippen molar-refractivity contribution in [3.05, 3.63) is 63.1 Å². The Hall–Kier alpha value is -1.03. The summed E-state index contributed by atoms with van der Waals surface area (Å²) in [5.74, 6) is 0.860. The van der Waals surface area contributed by atoms with Gasteiger partial charge in [0.15, 0.2) is 0 Å². The molecule has 1 N–H and O–H groups in total. The van der Waals surface area contributed by atoms with Gasteiger partial charge >= 0.3 is 0 Å². The minimum Gasteiger partial charge on any atom is -0.496 e. The SMILES string of the molecule is CCNC(c1cccc(Cl)c1)c1cc(Br)ccc1OC. The first-order chi connectivity index (χ1) is 9.65. The number of halogens is 2. The van der Waals surface area contributed by atoms with Gasteiger partial charge in [0.1, 0.15) is 5.75 Å². The van der Waals surface area contributed by atoms with Crippen LogP contribution in [0.2, 0.25) is 5.02 Å². The molecule has 0 bridgehead atoms. The van der Waals surface area contributed by atoms with E-state index in [0.29, 0.717) is 0 Å². The van der Waals surface area contributed by atoms with Gasteiger partial charge in [0.25, 0.3) is 0 Å². The Kier molecular flexibility index (Phi) is 5.46. The van der Waals surface area contributed by atoms with Crippen molar-refractivity contribution in [1.29, 1.82) is 0 Å². The third-order valence-electron chi connectivity index (χ3n) is 3.09. The van der Waals surface area contributed by atoms with E-state index < -0.39 is 0 Å². The lowest BCUT2D eigenvalue weighted by molar-refractivity contribution is 0.404. The van der Waals surface area contributed by atoms with Gasteiger partial charge in [0, 0.05) is 15.1 Å². The van der Waals surface area contributed by atoms with Gasteiger partial charge in [-0.3, -0.25) is 0 Å². The van der Waals surface area contributed by atoms with Crippen LogP contribution in [0, 0.1) is 0 Å². The summed E-state index contributed by atoms with van der Waals surface area (Å²) in [4.78, 5) is 0. The van der Waals surface area contributed by atoms with Crippen LogP contribution in [0.1, 0.15) is 24.1 Å². The van der Waals surface area contributed by atoms with Crippen LogP contribution >= 0.6 is 27.5 Å². The van der Waals surface area contributed by atoms with E-state index in [-0.39, 0.29) is 6.04 Å². The van der Waals surface area contributed by atoms with Crippen LogP contribution < -0.4 is 10.1 Å². The normalized spacial score (nSPS) is 12.2. The van der Waals surface area contributed by atoms with E-state index in [9.17, 15) is 0 Å². The van der Waals surface area contributed by atoms with Crippen LogP contribution in [-0.4, -0.2) is 13.7 Å². The maximum atomic E-state index is 6.11. The lowest BCUT2D eigenvalue weighted by Crippen LogP contribution is -2.22. The summed E-state index contributed by atoms with van der Waals surface area (Å²) in [6, 6.07) is 14.0. The van der Waals surface area contributed by atoms with E-state index in [2.05, 4.69) is 40.3 Å². The molecule has 0 radical (unpaired) electrons. The Balaban J connectivity index is 2.50. The fourth-order valence-electron chi connectivity index (χ4n) is 2.23. The Morgan fingerprint density at radius 2 is 2.05 bits per heavy atom. The van der Waals surface area contributed by atoms with E-state index in [1.165, 1.54) is 0 Å². The van der Waals surface area contributed by atoms with Crippen molar-refractivity contribution in [3.63, 3.8) is 0 Å². The second-order valence-electron chi connectivity index (χ2n) is 4.43. The molecule has 1 atom stereocenters. The van der Waals surface area contributed by atoms with Gasteiger partial charge in [-0.2, -0.15) is 0 Å². The summed E-state index contributed by atoms with van der Waals surface area (Å²) in [6.45, 7) is 2.94. The standard InChI is InChI=1S/C16H17BrClNO/c1-3-19-16(11-5-4-6-13(18)9-11)14-10-12(17)7-8-15(14)20-2/h4-10,16,19H,3H2,1-2H3. The molecule has 0 saturated heterocycles. The zero-order chi connectivity index (χ0) is 14.5. The topological polar surface area (TPSA) is 21.3 Å². The molecule has 0 fully saturated rings. The van der Waals surface area contributed by atoms with Crippen molar-refractivity contribution in [1.82, 2.24) is 5.32 Å². The maximum absolute atomic E-state index is 6.11. The molecule has 0 aliphatic rings. The molecule has 0 heterocycles. The summed E-state index contributed by atoms with van der Waals surface area (Å²) in [6.07, 6.45) is 0. The molecule has 0 spiro atoms. The van der Waals surface area contributed by atoms with Crippen LogP contribution in [-0.2, 0) is 0 Å². The number of ether oxygens (including phenoxy) is 1. The zero-order valence-corrected chi connectivity index (χ0v) is 13.8. The van der Waals surface area contributed by atoms with E-state index in [1.807, 2.05) is 30.3 Å². The van der Waals surface area contributed by atoms with Crippen molar-refractivity contribution in [2.75, 3.05) is 13.7 Å². The third-order valence-corrected chi connectivity index (χ3v) is 3.82. The fraction of sp³-hybridized carbons (Fsp3) is 0.250. The highest BCUT2D eigenvalue weighted by Crippen LogP contribution is 2.33. The summed E-state index contributed by atoms with van der Waals surface area (Å²) in [5, 5.41) is 4.22. The zero-order valence-electron chi connectivity index (χ0n) is 11.5. The first-order valence-electron chi connectivity index (χ1n) is 6.48. The highest BCUT2D eigenvalue weighted by atomic mass is 79.9. The van der Waals surface area contributed by atoms with Gasteiger partial charge < -0.3 is 10.1 Å². The number of methoxy groups -OCH3 is 1. The Bertz CT molecular complexity index is 588. The van der Waals surface area contributed by atoms with Crippen LogP contribution in [0.5, 0.6) is 5.75 Å². The van der Waals surface area contributed by atoms with Gasteiger partial charge in [0.05, 0.1) is 13.2 Å². The molecule has 2 rings (SSSR count). The monoisotopic (exact) mass is 353 g/mol. The molecule has 0 aromatic heterocycles. The smallest absolute Gasteiger partial charge is 0.124 e. The van der Waals surface area contributed by atoms with Crippen LogP contribution in [0.4, 0.5) is 0 Å². The second kappa shape index (κ2) is 7.11. The highest BCUT2D eigenvalue weighted by Gasteiger charge is 2.18. The van der Waals surface area contributed by atoms with Gasteiger partial charge in [-0.25, -0.2) is 0 Å². The van der Waals surface area contributed by atoms with Crippen molar-refractivity contribution in [3.8, 4) is 5.75 Å². The second-order valence-corrected chi connectivity index (χ2v) is 5.78. The van der Waals surface area contributed by atoms with Crippen LogP contribution in [0.15, 0.2) is 46.9 Å².